The lowest BCUT2D eigenvalue weighted by molar-refractivity contribution is -0.0475. The Kier molecular flexibility index (Phi) is 6.14. The molecule has 0 amide bonds. The van der Waals surface area contributed by atoms with E-state index in [9.17, 15) is 5.11 Å². The van der Waals surface area contributed by atoms with Crippen molar-refractivity contribution in [1.29, 1.82) is 0 Å². The molecule has 4 atom stereocenters. The number of aliphatic hydroxyl groups excluding tert-OH is 1. The molecule has 2 rings (SSSR count). The maximum absolute atomic E-state index is 10.6. The van der Waals surface area contributed by atoms with Gasteiger partial charge in [-0.2, -0.15) is 0 Å². The van der Waals surface area contributed by atoms with Crippen LogP contribution in [0.15, 0.2) is 0 Å². The van der Waals surface area contributed by atoms with Crippen molar-refractivity contribution in [3.05, 3.63) is 0 Å². The minimum absolute atomic E-state index is 0.0913. The number of rotatable bonds is 5. The summed E-state index contributed by atoms with van der Waals surface area (Å²) >= 11 is 0. The van der Waals surface area contributed by atoms with Crippen LogP contribution in [0.5, 0.6) is 0 Å². The lowest BCUT2D eigenvalue weighted by atomic mass is 9.67. The fourth-order valence-electron chi connectivity index (χ4n) is 4.59. The van der Waals surface area contributed by atoms with E-state index in [2.05, 4.69) is 32.6 Å². The van der Waals surface area contributed by atoms with Gasteiger partial charge in [-0.05, 0) is 56.4 Å². The second-order valence-corrected chi connectivity index (χ2v) is 8.16. The van der Waals surface area contributed by atoms with Gasteiger partial charge in [0.25, 0.3) is 0 Å². The van der Waals surface area contributed by atoms with Crippen LogP contribution in [0, 0.1) is 11.3 Å². The Hall–Kier alpha value is -0.0800. The summed E-state index contributed by atoms with van der Waals surface area (Å²) in [5, 5.41) is 10.6. The highest BCUT2D eigenvalue weighted by Crippen LogP contribution is 2.43. The number of nitrogens with zero attached hydrogens (tertiary/aromatic N) is 1. The topological polar surface area (TPSA) is 23.5 Å². The first-order valence-corrected chi connectivity index (χ1v) is 9.43. The molecular formula is C19H37NO. The van der Waals surface area contributed by atoms with Crippen LogP contribution in [0.25, 0.3) is 0 Å². The highest BCUT2D eigenvalue weighted by atomic mass is 16.3. The summed E-state index contributed by atoms with van der Waals surface area (Å²) in [6, 6.07) is 1.15. The molecule has 1 aliphatic heterocycles. The molecule has 2 aliphatic rings. The molecule has 2 heteroatoms. The summed E-state index contributed by atoms with van der Waals surface area (Å²) in [7, 11) is 0. The molecule has 21 heavy (non-hydrogen) atoms. The Morgan fingerprint density at radius 3 is 2.52 bits per heavy atom. The maximum atomic E-state index is 10.6. The van der Waals surface area contributed by atoms with Crippen LogP contribution in [-0.4, -0.2) is 34.7 Å². The standard InChI is InChI=1S/C19H37NO/c1-5-9-16-10-7-8-13-20(16)17-14-15(11-12-18(17)21)19(3,4)6-2/h15-18,21H,5-14H2,1-4H3. The van der Waals surface area contributed by atoms with Crippen molar-refractivity contribution in [2.75, 3.05) is 6.54 Å². The van der Waals surface area contributed by atoms with Crippen LogP contribution in [-0.2, 0) is 0 Å². The van der Waals surface area contributed by atoms with E-state index < -0.39 is 0 Å². The van der Waals surface area contributed by atoms with Crippen molar-refractivity contribution >= 4 is 0 Å². The minimum Gasteiger partial charge on any atom is -0.391 e. The predicted molar refractivity (Wildman–Crippen MR) is 90.5 cm³/mol. The molecule has 2 fully saturated rings. The van der Waals surface area contributed by atoms with E-state index in [1.807, 2.05) is 0 Å². The van der Waals surface area contributed by atoms with Crippen molar-refractivity contribution in [3.63, 3.8) is 0 Å². The van der Waals surface area contributed by atoms with E-state index >= 15 is 0 Å². The van der Waals surface area contributed by atoms with E-state index in [-0.39, 0.29) is 6.10 Å². The van der Waals surface area contributed by atoms with Gasteiger partial charge in [-0.3, -0.25) is 4.90 Å². The van der Waals surface area contributed by atoms with Gasteiger partial charge < -0.3 is 5.11 Å². The van der Waals surface area contributed by atoms with Crippen molar-refractivity contribution < 1.29 is 5.11 Å². The summed E-state index contributed by atoms with van der Waals surface area (Å²) in [6.07, 6.45) is 11.2. The van der Waals surface area contributed by atoms with Gasteiger partial charge in [0, 0.05) is 12.1 Å². The Morgan fingerprint density at radius 1 is 1.10 bits per heavy atom. The van der Waals surface area contributed by atoms with Gasteiger partial charge in [-0.15, -0.1) is 0 Å². The first kappa shape index (κ1) is 17.3. The highest BCUT2D eigenvalue weighted by Gasteiger charge is 2.41. The smallest absolute Gasteiger partial charge is 0.0695 e. The van der Waals surface area contributed by atoms with Crippen molar-refractivity contribution in [2.45, 2.75) is 104 Å². The molecule has 0 radical (unpaired) electrons. The van der Waals surface area contributed by atoms with E-state index in [4.69, 9.17) is 0 Å². The van der Waals surface area contributed by atoms with Gasteiger partial charge in [0.15, 0.2) is 0 Å². The number of aliphatic hydroxyl groups is 1. The van der Waals surface area contributed by atoms with Gasteiger partial charge in [-0.1, -0.05) is 47.0 Å². The summed E-state index contributed by atoms with van der Waals surface area (Å²) in [5.74, 6) is 0.778. The number of likely N-dealkylation sites (tertiary alicyclic amines) is 1. The quantitative estimate of drug-likeness (QED) is 0.801. The van der Waals surface area contributed by atoms with Gasteiger partial charge >= 0.3 is 0 Å². The van der Waals surface area contributed by atoms with Gasteiger partial charge in [-0.25, -0.2) is 0 Å². The van der Waals surface area contributed by atoms with Gasteiger partial charge in [0.05, 0.1) is 6.10 Å². The molecule has 0 aromatic heterocycles. The first-order valence-electron chi connectivity index (χ1n) is 9.43. The molecule has 0 spiro atoms. The Morgan fingerprint density at radius 2 is 1.86 bits per heavy atom. The lowest BCUT2D eigenvalue weighted by Gasteiger charge is -2.49. The fraction of sp³-hybridized carbons (Fsp3) is 1.00. The fourth-order valence-corrected chi connectivity index (χ4v) is 4.59. The first-order chi connectivity index (χ1) is 9.99. The minimum atomic E-state index is -0.0913. The molecule has 124 valence electrons. The van der Waals surface area contributed by atoms with Gasteiger partial charge in [0.1, 0.15) is 0 Å². The predicted octanol–water partition coefficient (Wildman–Crippen LogP) is 4.61. The molecule has 1 heterocycles. The zero-order chi connectivity index (χ0) is 15.5. The van der Waals surface area contributed by atoms with Crippen LogP contribution in [0.1, 0.15) is 85.5 Å². The second-order valence-electron chi connectivity index (χ2n) is 8.16. The van der Waals surface area contributed by atoms with Crippen molar-refractivity contribution in [3.8, 4) is 0 Å². The summed E-state index contributed by atoms with van der Waals surface area (Å²) in [6.45, 7) is 10.7. The maximum Gasteiger partial charge on any atom is 0.0695 e. The number of hydrogen-bond acceptors (Lipinski definition) is 2. The lowest BCUT2D eigenvalue weighted by Crippen LogP contribution is -2.54. The molecule has 4 unspecified atom stereocenters. The zero-order valence-corrected chi connectivity index (χ0v) is 14.8. The van der Waals surface area contributed by atoms with E-state index in [0.29, 0.717) is 11.5 Å². The van der Waals surface area contributed by atoms with Crippen LogP contribution in [0.4, 0.5) is 0 Å². The SMILES string of the molecule is CCCC1CCCCN1C1CC(C(C)(C)CC)CCC1O. The molecule has 0 aromatic rings. The Labute approximate surface area is 132 Å². The molecule has 1 saturated carbocycles. The molecule has 0 aromatic carbocycles. The third-order valence-electron chi connectivity index (χ3n) is 6.52. The molecule has 1 N–H and O–H groups in total. The van der Waals surface area contributed by atoms with E-state index in [1.165, 1.54) is 57.9 Å². The van der Waals surface area contributed by atoms with E-state index in [0.717, 1.165) is 18.4 Å². The Bertz CT molecular complexity index is 313. The third-order valence-corrected chi connectivity index (χ3v) is 6.52. The number of hydrogen-bond donors (Lipinski definition) is 1. The van der Waals surface area contributed by atoms with Gasteiger partial charge in [0.2, 0.25) is 0 Å². The number of piperidine rings is 1. The van der Waals surface area contributed by atoms with Crippen molar-refractivity contribution in [1.82, 2.24) is 4.90 Å². The van der Waals surface area contributed by atoms with E-state index in [1.54, 1.807) is 0 Å². The monoisotopic (exact) mass is 295 g/mol. The summed E-state index contributed by atoms with van der Waals surface area (Å²) in [4.78, 5) is 2.70. The van der Waals surface area contributed by atoms with Crippen LogP contribution >= 0.6 is 0 Å². The van der Waals surface area contributed by atoms with Crippen LogP contribution in [0.2, 0.25) is 0 Å². The average molecular weight is 296 g/mol. The molecule has 2 nitrogen and oxygen atoms in total. The molecule has 0 bridgehead atoms. The molecular weight excluding hydrogens is 258 g/mol. The summed E-state index contributed by atoms with van der Waals surface area (Å²) < 4.78 is 0. The largest absolute Gasteiger partial charge is 0.391 e. The molecule has 1 saturated heterocycles. The van der Waals surface area contributed by atoms with Crippen LogP contribution in [0.3, 0.4) is 0 Å². The average Bonchev–Trinajstić information content (AvgIpc) is 2.49. The van der Waals surface area contributed by atoms with Crippen molar-refractivity contribution in [2.24, 2.45) is 11.3 Å². The Balaban J connectivity index is 2.07. The molecule has 1 aliphatic carbocycles. The third kappa shape index (κ3) is 4.01. The second kappa shape index (κ2) is 7.46. The highest BCUT2D eigenvalue weighted by molar-refractivity contribution is 4.94. The van der Waals surface area contributed by atoms with Crippen LogP contribution < -0.4 is 0 Å². The summed E-state index contributed by atoms with van der Waals surface area (Å²) in [5.41, 5.74) is 0.425. The normalized spacial score (nSPS) is 35.9. The zero-order valence-electron chi connectivity index (χ0n) is 14.8.